The fourth-order valence-corrected chi connectivity index (χ4v) is 1.80. The monoisotopic (exact) mass is 308 g/mol. The van der Waals surface area contributed by atoms with Crippen molar-refractivity contribution in [1.29, 1.82) is 0 Å². The van der Waals surface area contributed by atoms with Crippen molar-refractivity contribution in [2.75, 3.05) is 6.61 Å². The van der Waals surface area contributed by atoms with Gasteiger partial charge in [0.05, 0.1) is 12.3 Å². The van der Waals surface area contributed by atoms with Gasteiger partial charge in [-0.2, -0.15) is 18.3 Å². The van der Waals surface area contributed by atoms with Gasteiger partial charge in [-0.05, 0) is 25.1 Å². The van der Waals surface area contributed by atoms with Gasteiger partial charge in [0.15, 0.2) is 5.69 Å². The van der Waals surface area contributed by atoms with Gasteiger partial charge in [0.2, 0.25) is 0 Å². The van der Waals surface area contributed by atoms with Crippen LogP contribution in [-0.4, -0.2) is 22.4 Å². The molecule has 0 aliphatic carbocycles. The number of alkyl halides is 3. The van der Waals surface area contributed by atoms with E-state index in [0.29, 0.717) is 11.3 Å². The van der Waals surface area contributed by atoms with Gasteiger partial charge in [-0.3, -0.25) is 0 Å². The van der Waals surface area contributed by atoms with Gasteiger partial charge in [0.1, 0.15) is 5.56 Å². The van der Waals surface area contributed by atoms with Crippen LogP contribution in [0.25, 0.3) is 5.69 Å². The van der Waals surface area contributed by atoms with Crippen LogP contribution in [0, 0.1) is 12.3 Å². The number of hydrogen-bond acceptors (Lipinski definition) is 3. The van der Waals surface area contributed by atoms with Crippen molar-refractivity contribution in [3.8, 4) is 18.0 Å². The number of halogens is 3. The van der Waals surface area contributed by atoms with Crippen molar-refractivity contribution < 1.29 is 22.7 Å². The minimum Gasteiger partial charge on any atom is -0.461 e. The molecule has 1 aromatic carbocycles. The summed E-state index contributed by atoms with van der Waals surface area (Å²) >= 11 is 0. The number of aromatic nitrogens is 2. The first kappa shape index (κ1) is 15.6. The predicted molar refractivity (Wildman–Crippen MR) is 72.5 cm³/mol. The first-order chi connectivity index (χ1) is 10.4. The van der Waals surface area contributed by atoms with Crippen molar-refractivity contribution in [1.82, 2.24) is 9.78 Å². The normalized spacial score (nSPS) is 11.0. The van der Waals surface area contributed by atoms with Crippen LogP contribution in [0.3, 0.4) is 0 Å². The molecule has 4 nitrogen and oxygen atoms in total. The third kappa shape index (κ3) is 3.11. The third-order valence-electron chi connectivity index (χ3n) is 2.77. The summed E-state index contributed by atoms with van der Waals surface area (Å²) in [4.78, 5) is 11.6. The third-order valence-corrected chi connectivity index (χ3v) is 2.77. The molecule has 0 fully saturated rings. The molecule has 0 unspecified atom stereocenters. The van der Waals surface area contributed by atoms with Gasteiger partial charge in [-0.15, -0.1) is 6.42 Å². The van der Waals surface area contributed by atoms with E-state index in [2.05, 4.69) is 15.8 Å². The second-order valence-corrected chi connectivity index (χ2v) is 4.25. The van der Waals surface area contributed by atoms with Gasteiger partial charge in [0.25, 0.3) is 0 Å². The summed E-state index contributed by atoms with van der Waals surface area (Å²) in [7, 11) is 0. The molecule has 0 aliphatic heterocycles. The summed E-state index contributed by atoms with van der Waals surface area (Å²) in [6.07, 6.45) is 1.27. The van der Waals surface area contributed by atoms with Gasteiger partial charge in [0, 0.05) is 11.8 Å². The van der Waals surface area contributed by atoms with E-state index in [1.807, 2.05) is 0 Å². The SMILES string of the molecule is C#Cc1cccc(-n2cc(C(F)(F)F)c(C(=O)OCC)n2)c1. The zero-order valence-corrected chi connectivity index (χ0v) is 11.5. The van der Waals surface area contributed by atoms with E-state index in [1.54, 1.807) is 12.1 Å². The van der Waals surface area contributed by atoms with Crippen LogP contribution in [0.5, 0.6) is 0 Å². The highest BCUT2D eigenvalue weighted by Crippen LogP contribution is 2.32. The summed E-state index contributed by atoms with van der Waals surface area (Å²) in [6.45, 7) is 1.45. The molecule has 0 aliphatic rings. The molecule has 0 amide bonds. The van der Waals surface area contributed by atoms with E-state index in [4.69, 9.17) is 6.42 Å². The minimum absolute atomic E-state index is 0.0461. The van der Waals surface area contributed by atoms with Gasteiger partial charge in [-0.25, -0.2) is 9.48 Å². The maximum atomic E-state index is 13.0. The van der Waals surface area contributed by atoms with E-state index < -0.39 is 23.4 Å². The van der Waals surface area contributed by atoms with E-state index in [0.717, 1.165) is 10.9 Å². The Hall–Kier alpha value is -2.75. The molecule has 0 N–H and O–H groups in total. The van der Waals surface area contributed by atoms with E-state index >= 15 is 0 Å². The van der Waals surface area contributed by atoms with Gasteiger partial charge < -0.3 is 4.74 Å². The molecule has 114 valence electrons. The lowest BCUT2D eigenvalue weighted by atomic mass is 10.2. The number of nitrogens with zero attached hydrogens (tertiary/aromatic N) is 2. The molecule has 0 radical (unpaired) electrons. The lowest BCUT2D eigenvalue weighted by Gasteiger charge is -2.05. The zero-order valence-electron chi connectivity index (χ0n) is 11.5. The van der Waals surface area contributed by atoms with Crippen molar-refractivity contribution >= 4 is 5.97 Å². The number of esters is 1. The zero-order chi connectivity index (χ0) is 16.3. The van der Waals surface area contributed by atoms with E-state index in [1.165, 1.54) is 19.1 Å². The highest BCUT2D eigenvalue weighted by Gasteiger charge is 2.39. The number of hydrogen-bond donors (Lipinski definition) is 0. The fourth-order valence-electron chi connectivity index (χ4n) is 1.80. The molecule has 0 spiro atoms. The van der Waals surface area contributed by atoms with Crippen LogP contribution in [0.15, 0.2) is 30.5 Å². The summed E-state index contributed by atoms with van der Waals surface area (Å²) in [5.74, 6) is 1.25. The standard InChI is InChI=1S/C15H11F3N2O2/c1-3-10-6-5-7-11(8-10)20-9-12(15(16,17)18)13(19-20)14(21)22-4-2/h1,5-9H,4H2,2H3. The fraction of sp³-hybridized carbons (Fsp3) is 0.200. The minimum atomic E-state index is -4.72. The Balaban J connectivity index is 2.55. The Kier molecular flexibility index (Phi) is 4.22. The van der Waals surface area contributed by atoms with Crippen LogP contribution in [0.2, 0.25) is 0 Å². The molecule has 2 aromatic rings. The molecule has 0 bridgehead atoms. The topological polar surface area (TPSA) is 44.1 Å². The molecule has 7 heteroatoms. The Morgan fingerprint density at radius 3 is 2.77 bits per heavy atom. The van der Waals surface area contributed by atoms with Crippen LogP contribution >= 0.6 is 0 Å². The van der Waals surface area contributed by atoms with Crippen molar-refractivity contribution in [2.24, 2.45) is 0 Å². The van der Waals surface area contributed by atoms with Crippen LogP contribution in [-0.2, 0) is 10.9 Å². The number of rotatable bonds is 3. The quantitative estimate of drug-likeness (QED) is 0.646. The Morgan fingerprint density at radius 2 is 2.18 bits per heavy atom. The molecule has 1 aromatic heterocycles. The average Bonchev–Trinajstić information content (AvgIpc) is 2.93. The first-order valence-corrected chi connectivity index (χ1v) is 6.28. The van der Waals surface area contributed by atoms with Crippen LogP contribution in [0.1, 0.15) is 28.5 Å². The smallest absolute Gasteiger partial charge is 0.420 e. The molecule has 2 rings (SSSR count). The lowest BCUT2D eigenvalue weighted by molar-refractivity contribution is -0.138. The predicted octanol–water partition coefficient (Wildman–Crippen LogP) is 3.05. The molecule has 22 heavy (non-hydrogen) atoms. The summed E-state index contributed by atoms with van der Waals surface area (Å²) in [5.41, 5.74) is -1.13. The van der Waals surface area contributed by atoms with Crippen molar-refractivity contribution in [3.05, 3.63) is 47.3 Å². The summed E-state index contributed by atoms with van der Waals surface area (Å²) in [5, 5.41) is 3.69. The Morgan fingerprint density at radius 1 is 1.45 bits per heavy atom. The molecular formula is C15H11F3N2O2. The molecule has 1 heterocycles. The highest BCUT2D eigenvalue weighted by atomic mass is 19.4. The maximum absolute atomic E-state index is 13.0. The molecule has 0 saturated heterocycles. The second-order valence-electron chi connectivity index (χ2n) is 4.25. The van der Waals surface area contributed by atoms with Gasteiger partial charge in [-0.1, -0.05) is 12.0 Å². The summed E-state index contributed by atoms with van der Waals surface area (Å²) in [6, 6.07) is 6.23. The highest BCUT2D eigenvalue weighted by molar-refractivity contribution is 5.89. The Bertz CT molecular complexity index is 742. The average molecular weight is 308 g/mol. The molecule has 0 saturated carbocycles. The van der Waals surface area contributed by atoms with Crippen molar-refractivity contribution in [3.63, 3.8) is 0 Å². The number of ether oxygens (including phenoxy) is 1. The molecule has 0 atom stereocenters. The largest absolute Gasteiger partial charge is 0.461 e. The lowest BCUT2D eigenvalue weighted by Crippen LogP contribution is -2.14. The van der Waals surface area contributed by atoms with Gasteiger partial charge >= 0.3 is 12.1 Å². The first-order valence-electron chi connectivity index (χ1n) is 6.28. The second kappa shape index (κ2) is 5.93. The van der Waals surface area contributed by atoms with Crippen LogP contribution in [0.4, 0.5) is 13.2 Å². The van der Waals surface area contributed by atoms with Crippen molar-refractivity contribution in [2.45, 2.75) is 13.1 Å². The number of carbonyl (C=O) groups is 1. The maximum Gasteiger partial charge on any atom is 0.420 e. The van der Waals surface area contributed by atoms with Crippen LogP contribution < -0.4 is 0 Å². The number of terminal acetylenes is 1. The number of carbonyl (C=O) groups excluding carboxylic acids is 1. The van der Waals surface area contributed by atoms with E-state index in [-0.39, 0.29) is 6.61 Å². The molecular weight excluding hydrogens is 297 g/mol. The summed E-state index contributed by atoms with van der Waals surface area (Å²) < 4.78 is 44.7. The number of benzene rings is 1. The van der Waals surface area contributed by atoms with E-state index in [9.17, 15) is 18.0 Å². The Labute approximate surface area is 124 Å².